The van der Waals surface area contributed by atoms with Gasteiger partial charge in [0.2, 0.25) is 0 Å². The molecule has 14 rings (SSSR count). The highest BCUT2D eigenvalue weighted by molar-refractivity contribution is 5.93. The molecule has 4 spiro atoms. The first kappa shape index (κ1) is 39.1. The summed E-state index contributed by atoms with van der Waals surface area (Å²) in [7, 11) is 0. The second kappa shape index (κ2) is 12.1. The van der Waals surface area contributed by atoms with Gasteiger partial charge in [0.15, 0.2) is 11.9 Å². The van der Waals surface area contributed by atoms with E-state index in [4.69, 9.17) is 23.4 Å². The molecule has 13 aliphatic rings. The molecular formula is C50H62N2O11. The molecule has 1 aromatic rings. The molecule has 7 aliphatic heterocycles. The number of esters is 2. The van der Waals surface area contributed by atoms with Gasteiger partial charge < -0.3 is 43.6 Å². The van der Waals surface area contributed by atoms with Crippen molar-refractivity contribution in [1.29, 1.82) is 0 Å². The van der Waals surface area contributed by atoms with Gasteiger partial charge >= 0.3 is 11.9 Å². The fraction of sp³-hybridized carbons (Fsp3) is 0.780. The summed E-state index contributed by atoms with van der Waals surface area (Å²) >= 11 is 0. The van der Waals surface area contributed by atoms with E-state index in [-0.39, 0.29) is 54.6 Å². The monoisotopic (exact) mass is 866 g/mol. The van der Waals surface area contributed by atoms with Gasteiger partial charge in [-0.25, -0.2) is 4.79 Å². The maximum atomic E-state index is 15.6. The Morgan fingerprint density at radius 1 is 1.05 bits per heavy atom. The number of ether oxygens (including phenoxy) is 4. The number of epoxide rings is 1. The fourth-order valence-electron chi connectivity index (χ4n) is 20.1. The summed E-state index contributed by atoms with van der Waals surface area (Å²) in [5, 5.41) is 38.7. The molecule has 1 aromatic heterocycles. The maximum absolute atomic E-state index is 15.6. The first-order valence-corrected chi connectivity index (χ1v) is 24.4. The number of nitrogens with zero attached hydrogens (tertiary/aromatic N) is 1. The molecule has 6 saturated carbocycles. The van der Waals surface area contributed by atoms with E-state index >= 15 is 4.79 Å². The molecular weight excluding hydrogens is 805 g/mol. The molecule has 6 aliphatic carbocycles. The molecule has 4 N–H and O–H groups in total. The maximum Gasteiger partial charge on any atom is 0.339 e. The number of Topliss-reactive ketones (excluding diaryl/α,β-unsaturated/α-hetero) is 1. The Morgan fingerprint density at radius 3 is 2.75 bits per heavy atom. The van der Waals surface area contributed by atoms with Crippen LogP contribution < -0.4 is 5.32 Å². The second-order valence-electron chi connectivity index (χ2n) is 23.7. The van der Waals surface area contributed by atoms with Crippen LogP contribution in [0.4, 0.5) is 0 Å². The summed E-state index contributed by atoms with van der Waals surface area (Å²) in [6.45, 7) is 7.70. The molecule has 13 heteroatoms. The van der Waals surface area contributed by atoms with Gasteiger partial charge in [-0.2, -0.15) is 0 Å². The lowest BCUT2D eigenvalue weighted by molar-refractivity contribution is -0.280. The third-order valence-corrected chi connectivity index (χ3v) is 21.9. The van der Waals surface area contributed by atoms with Crippen molar-refractivity contribution < 1.29 is 53.1 Å². The number of cyclic esters (lactones) is 2. The Labute approximate surface area is 367 Å². The van der Waals surface area contributed by atoms with Crippen LogP contribution >= 0.6 is 0 Å². The molecule has 8 heterocycles. The Kier molecular flexibility index (Phi) is 7.51. The number of aliphatic hydroxyl groups excluding tert-OH is 3. The standard InChI is InChI=1S/C50H62N2O11/c1-44-18-26-19-47-11-4-5-27(47)16-28-8-12-45(2)37-35(55)39(56)46(3,36(26)48(37)22-60-42(57)38(47)49(28,48)63-45)50(44)41(62-50)43(58)61-40(44)30-10-14-59-34(30)17-31(33(54)21-53)24-6-7-29-25(15-24)9-13-52-23-51-20-32(29)52/h8-10,13-14,24-27,29,31-33,36-41,51,53-54,56H,4-7,11-12,15-23H2,1-3H3. The lowest BCUT2D eigenvalue weighted by Gasteiger charge is -2.70. The third-order valence-electron chi connectivity index (χ3n) is 21.9. The molecule has 13 nitrogen and oxygen atoms in total. The molecule has 338 valence electrons. The van der Waals surface area contributed by atoms with Crippen molar-refractivity contribution in [3.63, 3.8) is 0 Å². The van der Waals surface area contributed by atoms with E-state index in [1.165, 1.54) is 0 Å². The SMILES string of the molecule is CC12CC=C3CC4CCCC45CC4CC6(C)C(c7ccoc7CC(C(O)CO)C7CCC8C(C=CN9CNCC89)C7)OC(=O)C7OC76C6(C)C(O)C(=O)C1C1(COC(=O)C5C31O2)C46. The van der Waals surface area contributed by atoms with Crippen molar-refractivity contribution in [2.75, 3.05) is 26.4 Å². The van der Waals surface area contributed by atoms with Crippen LogP contribution in [0.3, 0.4) is 0 Å². The largest absolute Gasteiger partial charge is 0.469 e. The number of hydrogen-bond donors (Lipinski definition) is 4. The number of hydrogen-bond acceptors (Lipinski definition) is 13. The van der Waals surface area contributed by atoms with Crippen LogP contribution in [0.5, 0.6) is 0 Å². The number of allylic oxidation sites excluding steroid dienone is 1. The fourth-order valence-corrected chi connectivity index (χ4v) is 20.1. The number of nitrogens with one attached hydrogen (secondary N) is 1. The molecule has 11 fully saturated rings. The number of ketones is 1. The van der Waals surface area contributed by atoms with Gasteiger partial charge in [-0.05, 0) is 129 Å². The van der Waals surface area contributed by atoms with Crippen molar-refractivity contribution in [2.45, 2.75) is 139 Å². The Hall–Kier alpha value is -3.07. The van der Waals surface area contributed by atoms with Crippen LogP contribution in [0.15, 0.2) is 40.7 Å². The molecule has 5 bridgehead atoms. The summed E-state index contributed by atoms with van der Waals surface area (Å²) in [6.07, 6.45) is 13.0. The zero-order valence-electron chi connectivity index (χ0n) is 36.6. The highest BCUT2D eigenvalue weighted by Crippen LogP contribution is 2.88. The van der Waals surface area contributed by atoms with Crippen molar-refractivity contribution >= 4 is 17.7 Å². The number of furan rings is 1. The van der Waals surface area contributed by atoms with E-state index < -0.39 is 80.7 Å². The van der Waals surface area contributed by atoms with Crippen LogP contribution in [-0.4, -0.2) is 106 Å². The number of carbonyl (C=O) groups excluding carboxylic acids is 3. The van der Waals surface area contributed by atoms with Gasteiger partial charge in [-0.3, -0.25) is 14.9 Å². The summed E-state index contributed by atoms with van der Waals surface area (Å²) in [4.78, 5) is 47.2. The van der Waals surface area contributed by atoms with Crippen molar-refractivity contribution in [2.24, 2.45) is 74.9 Å². The first-order valence-electron chi connectivity index (χ1n) is 24.4. The molecule has 0 radical (unpaired) electrons. The normalized spacial score (nSPS) is 55.6. The van der Waals surface area contributed by atoms with Crippen LogP contribution in [0.25, 0.3) is 0 Å². The van der Waals surface area contributed by atoms with E-state index in [1.54, 1.807) is 6.26 Å². The van der Waals surface area contributed by atoms with E-state index in [9.17, 15) is 24.9 Å². The van der Waals surface area contributed by atoms with Gasteiger partial charge in [0.1, 0.15) is 35.8 Å². The average Bonchev–Trinajstić information content (AvgIpc) is 3.55. The quantitative estimate of drug-likeness (QED) is 0.182. The molecule has 21 atom stereocenters. The van der Waals surface area contributed by atoms with E-state index in [0.717, 1.165) is 70.2 Å². The van der Waals surface area contributed by atoms with E-state index in [0.29, 0.717) is 48.5 Å². The molecule has 5 saturated heterocycles. The molecule has 21 unspecified atom stereocenters. The van der Waals surface area contributed by atoms with Gasteiger partial charge in [-0.15, -0.1) is 0 Å². The summed E-state index contributed by atoms with van der Waals surface area (Å²) in [5.74, 6) is -1.12. The summed E-state index contributed by atoms with van der Waals surface area (Å²) in [6, 6.07) is 2.37. The van der Waals surface area contributed by atoms with Crippen molar-refractivity contribution in [1.82, 2.24) is 10.2 Å². The van der Waals surface area contributed by atoms with Crippen LogP contribution in [0.2, 0.25) is 0 Å². The highest BCUT2D eigenvalue weighted by Gasteiger charge is 2.96. The van der Waals surface area contributed by atoms with Crippen molar-refractivity contribution in [3.8, 4) is 0 Å². The van der Waals surface area contributed by atoms with Crippen LogP contribution in [0.1, 0.15) is 102 Å². The second-order valence-corrected chi connectivity index (χ2v) is 23.7. The number of rotatable bonds is 6. The minimum absolute atomic E-state index is 0.0377. The minimum atomic E-state index is -1.47. The van der Waals surface area contributed by atoms with Gasteiger partial charge in [-0.1, -0.05) is 32.4 Å². The predicted molar refractivity (Wildman–Crippen MR) is 221 cm³/mol. The van der Waals surface area contributed by atoms with Crippen molar-refractivity contribution in [3.05, 3.63) is 47.6 Å². The Morgan fingerprint density at radius 2 is 1.90 bits per heavy atom. The highest BCUT2D eigenvalue weighted by atomic mass is 16.7. The summed E-state index contributed by atoms with van der Waals surface area (Å²) < 4.78 is 34.0. The lowest BCUT2D eigenvalue weighted by Crippen LogP contribution is -2.80. The zero-order chi connectivity index (χ0) is 43.0. The topological polar surface area (TPSA) is 181 Å². The van der Waals surface area contributed by atoms with Gasteiger partial charge in [0.25, 0.3) is 0 Å². The number of carbonyl (C=O) groups is 3. The van der Waals surface area contributed by atoms with Crippen LogP contribution in [0, 0.1) is 74.9 Å². The van der Waals surface area contributed by atoms with Gasteiger partial charge in [0.05, 0.1) is 48.5 Å². The summed E-state index contributed by atoms with van der Waals surface area (Å²) in [5.41, 5.74) is -4.97. The van der Waals surface area contributed by atoms with E-state index in [2.05, 4.69) is 35.5 Å². The molecule has 0 aromatic carbocycles. The molecule has 63 heavy (non-hydrogen) atoms. The molecule has 0 amide bonds. The Balaban J connectivity index is 0.894. The first-order chi connectivity index (χ1) is 30.2. The minimum Gasteiger partial charge on any atom is -0.469 e. The third kappa shape index (κ3) is 4.10. The number of fused-ring (bicyclic) bond motifs is 5. The van der Waals surface area contributed by atoms with E-state index in [1.807, 2.05) is 19.9 Å². The van der Waals surface area contributed by atoms with Gasteiger partial charge in [0, 0.05) is 35.4 Å². The predicted octanol–water partition coefficient (Wildman–Crippen LogP) is 4.14. The number of aliphatic hydroxyl groups is 3. The average molecular weight is 867 g/mol. The van der Waals surface area contributed by atoms with Crippen LogP contribution in [-0.2, 0) is 39.8 Å². The lowest BCUT2D eigenvalue weighted by atomic mass is 9.33. The Bertz CT molecular complexity index is 2310. The zero-order valence-corrected chi connectivity index (χ0v) is 36.6. The smallest absolute Gasteiger partial charge is 0.339 e.